The van der Waals surface area contributed by atoms with Crippen molar-refractivity contribution in [1.82, 2.24) is 15.6 Å². The molecule has 1 heterocycles. The van der Waals surface area contributed by atoms with Gasteiger partial charge in [-0.25, -0.2) is 4.98 Å². The van der Waals surface area contributed by atoms with Crippen LogP contribution in [0.25, 0.3) is 0 Å². The van der Waals surface area contributed by atoms with Crippen LogP contribution in [0.1, 0.15) is 36.8 Å². The summed E-state index contributed by atoms with van der Waals surface area (Å²) in [4.78, 5) is 8.70. The highest BCUT2D eigenvalue weighted by molar-refractivity contribution is 5.79. The van der Waals surface area contributed by atoms with Gasteiger partial charge in [0.05, 0.1) is 14.2 Å². The van der Waals surface area contributed by atoms with Crippen molar-refractivity contribution in [3.63, 3.8) is 0 Å². The summed E-state index contributed by atoms with van der Waals surface area (Å²) in [5.41, 5.74) is 2.14. The lowest BCUT2D eigenvalue weighted by molar-refractivity contribution is 0.201. The Bertz CT molecular complexity index is 802. The number of aliphatic imine (C=N–C) groups is 1. The van der Waals surface area contributed by atoms with Crippen molar-refractivity contribution in [3.05, 3.63) is 47.7 Å². The number of nitrogens with one attached hydrogen (secondary N) is 2. The lowest BCUT2D eigenvalue weighted by Crippen LogP contribution is -2.36. The Kier molecular flexibility index (Phi) is 7.55. The number of hydrogen-bond acceptors (Lipinski definition) is 5. The number of aromatic nitrogens is 1. The van der Waals surface area contributed by atoms with Crippen LogP contribution in [0.4, 0.5) is 0 Å². The van der Waals surface area contributed by atoms with E-state index in [0.717, 1.165) is 24.0 Å². The van der Waals surface area contributed by atoms with E-state index in [-0.39, 0.29) is 0 Å². The molecule has 29 heavy (non-hydrogen) atoms. The molecule has 1 saturated carbocycles. The minimum Gasteiger partial charge on any atom is -0.493 e. The molecule has 1 fully saturated rings. The van der Waals surface area contributed by atoms with Gasteiger partial charge in [-0.1, -0.05) is 12.1 Å². The maximum atomic E-state index is 5.91. The van der Waals surface area contributed by atoms with Crippen LogP contribution in [-0.4, -0.2) is 38.3 Å². The van der Waals surface area contributed by atoms with Crippen molar-refractivity contribution in [2.75, 3.05) is 21.3 Å². The maximum Gasteiger partial charge on any atom is 0.213 e. The summed E-state index contributed by atoms with van der Waals surface area (Å²) >= 11 is 0. The fraction of sp³-hybridized carbons (Fsp3) is 0.455. The molecule has 0 radical (unpaired) electrons. The smallest absolute Gasteiger partial charge is 0.213 e. The van der Waals surface area contributed by atoms with Crippen molar-refractivity contribution in [2.24, 2.45) is 4.99 Å². The molecular weight excluding hydrogens is 368 g/mol. The van der Waals surface area contributed by atoms with Gasteiger partial charge in [-0.15, -0.1) is 0 Å². The maximum absolute atomic E-state index is 5.91. The Hall–Kier alpha value is -2.96. The van der Waals surface area contributed by atoms with E-state index in [1.165, 1.54) is 12.8 Å². The normalized spacial score (nSPS) is 14.5. The number of ether oxygens (including phenoxy) is 3. The molecule has 7 heteroatoms. The zero-order valence-electron chi connectivity index (χ0n) is 17.4. The first-order valence-electron chi connectivity index (χ1n) is 9.99. The summed E-state index contributed by atoms with van der Waals surface area (Å²) in [6, 6.07) is 9.81. The molecule has 0 spiro atoms. The predicted octanol–water partition coefficient (Wildman–Crippen LogP) is 3.29. The molecule has 1 aromatic carbocycles. The average Bonchev–Trinajstić information content (AvgIpc) is 3.27. The van der Waals surface area contributed by atoms with E-state index in [9.17, 15) is 0 Å². The van der Waals surface area contributed by atoms with E-state index in [0.29, 0.717) is 42.5 Å². The van der Waals surface area contributed by atoms with Gasteiger partial charge in [0.15, 0.2) is 17.5 Å². The monoisotopic (exact) mass is 398 g/mol. The first-order valence-corrected chi connectivity index (χ1v) is 9.99. The van der Waals surface area contributed by atoms with Gasteiger partial charge in [0.2, 0.25) is 5.88 Å². The summed E-state index contributed by atoms with van der Waals surface area (Å²) in [6.45, 7) is 1.24. The second-order valence-electron chi connectivity index (χ2n) is 7.00. The molecular formula is C22H30N4O3. The summed E-state index contributed by atoms with van der Waals surface area (Å²) in [7, 11) is 5.01. The summed E-state index contributed by atoms with van der Waals surface area (Å²) in [5, 5.41) is 6.60. The number of methoxy groups -OCH3 is 2. The number of benzene rings is 1. The average molecular weight is 399 g/mol. The number of nitrogens with zero attached hydrogens (tertiary/aromatic N) is 2. The number of guanidine groups is 1. The SMILES string of the molecule is CN=C(NCc1ccc(OC2CCCC2)nc1)NCc1ccc(OC)c(OC)c1. The Morgan fingerprint density at radius 2 is 1.69 bits per heavy atom. The lowest BCUT2D eigenvalue weighted by Gasteiger charge is -2.14. The highest BCUT2D eigenvalue weighted by atomic mass is 16.5. The van der Waals surface area contributed by atoms with E-state index < -0.39 is 0 Å². The van der Waals surface area contributed by atoms with Crippen LogP contribution in [0.2, 0.25) is 0 Å². The quantitative estimate of drug-likeness (QED) is 0.525. The number of hydrogen-bond donors (Lipinski definition) is 2. The molecule has 0 amide bonds. The van der Waals surface area contributed by atoms with Gasteiger partial charge in [0.1, 0.15) is 6.10 Å². The van der Waals surface area contributed by atoms with E-state index in [2.05, 4.69) is 20.6 Å². The predicted molar refractivity (Wildman–Crippen MR) is 114 cm³/mol. The fourth-order valence-electron chi connectivity index (χ4n) is 3.34. The molecule has 3 rings (SSSR count). The van der Waals surface area contributed by atoms with E-state index in [1.54, 1.807) is 21.3 Å². The van der Waals surface area contributed by atoms with E-state index in [1.807, 2.05) is 36.5 Å². The van der Waals surface area contributed by atoms with Crippen LogP contribution >= 0.6 is 0 Å². The molecule has 2 N–H and O–H groups in total. The third-order valence-corrected chi connectivity index (χ3v) is 4.98. The van der Waals surface area contributed by atoms with E-state index in [4.69, 9.17) is 14.2 Å². The Labute approximate surface area is 172 Å². The van der Waals surface area contributed by atoms with Crippen molar-refractivity contribution in [2.45, 2.75) is 44.9 Å². The summed E-state index contributed by atoms with van der Waals surface area (Å²) in [6.07, 6.45) is 6.94. The number of pyridine rings is 1. The molecule has 0 aliphatic heterocycles. The van der Waals surface area contributed by atoms with Gasteiger partial charge in [-0.2, -0.15) is 0 Å². The second-order valence-corrected chi connectivity index (χ2v) is 7.00. The van der Waals surface area contributed by atoms with Crippen LogP contribution in [-0.2, 0) is 13.1 Å². The minimum atomic E-state index is 0.325. The van der Waals surface area contributed by atoms with Crippen molar-refractivity contribution in [3.8, 4) is 17.4 Å². The molecule has 0 saturated heterocycles. The fourth-order valence-corrected chi connectivity index (χ4v) is 3.34. The van der Waals surface area contributed by atoms with Crippen molar-refractivity contribution < 1.29 is 14.2 Å². The molecule has 1 aromatic heterocycles. The summed E-state index contributed by atoms with van der Waals surface area (Å²) in [5.74, 6) is 2.84. The van der Waals surface area contributed by atoms with Gasteiger partial charge in [0.25, 0.3) is 0 Å². The topological polar surface area (TPSA) is 77.0 Å². The molecule has 2 aromatic rings. The number of rotatable bonds is 8. The van der Waals surface area contributed by atoms with E-state index >= 15 is 0 Å². The third kappa shape index (κ3) is 6.01. The molecule has 0 bridgehead atoms. The first kappa shape index (κ1) is 20.8. The Balaban J connectivity index is 1.47. The van der Waals surface area contributed by atoms with Crippen LogP contribution in [0.5, 0.6) is 17.4 Å². The Morgan fingerprint density at radius 3 is 2.31 bits per heavy atom. The second kappa shape index (κ2) is 10.5. The minimum absolute atomic E-state index is 0.325. The van der Waals surface area contributed by atoms with Crippen LogP contribution in [0.15, 0.2) is 41.5 Å². The van der Waals surface area contributed by atoms with Gasteiger partial charge in [-0.05, 0) is 48.9 Å². The highest BCUT2D eigenvalue weighted by Gasteiger charge is 2.16. The molecule has 1 aliphatic carbocycles. The lowest BCUT2D eigenvalue weighted by atomic mass is 10.2. The van der Waals surface area contributed by atoms with Crippen molar-refractivity contribution in [1.29, 1.82) is 0 Å². The van der Waals surface area contributed by atoms with Gasteiger partial charge >= 0.3 is 0 Å². The molecule has 1 aliphatic rings. The van der Waals surface area contributed by atoms with Crippen LogP contribution < -0.4 is 24.8 Å². The van der Waals surface area contributed by atoms with Crippen LogP contribution in [0, 0.1) is 0 Å². The molecule has 7 nitrogen and oxygen atoms in total. The zero-order valence-corrected chi connectivity index (χ0v) is 17.4. The summed E-state index contributed by atoms with van der Waals surface area (Å²) < 4.78 is 16.5. The van der Waals surface area contributed by atoms with Gasteiger partial charge in [-0.3, -0.25) is 4.99 Å². The largest absolute Gasteiger partial charge is 0.493 e. The van der Waals surface area contributed by atoms with Crippen LogP contribution in [0.3, 0.4) is 0 Å². The molecule has 156 valence electrons. The van der Waals surface area contributed by atoms with Crippen molar-refractivity contribution >= 4 is 5.96 Å². The molecule has 0 unspecified atom stereocenters. The molecule has 0 atom stereocenters. The first-order chi connectivity index (χ1) is 14.2. The Morgan fingerprint density at radius 1 is 1.00 bits per heavy atom. The van der Waals surface area contributed by atoms with Gasteiger partial charge < -0.3 is 24.8 Å². The third-order valence-electron chi connectivity index (χ3n) is 4.98. The highest BCUT2D eigenvalue weighted by Crippen LogP contribution is 2.27. The zero-order chi connectivity index (χ0) is 20.5. The standard InChI is InChI=1S/C22H30N4O3/c1-23-22(25-13-16-8-10-19(27-2)20(12-16)28-3)26-15-17-9-11-21(24-14-17)29-18-6-4-5-7-18/h8-12,14,18H,4-7,13,15H2,1-3H3,(H2,23,25,26). The van der Waals surface area contributed by atoms with Gasteiger partial charge in [0, 0.05) is 32.4 Å².